The van der Waals surface area contributed by atoms with Gasteiger partial charge in [0.05, 0.1) is 35.6 Å². The van der Waals surface area contributed by atoms with Crippen molar-refractivity contribution in [2.75, 3.05) is 11.5 Å². The summed E-state index contributed by atoms with van der Waals surface area (Å²) in [4.78, 5) is 6.70. The predicted molar refractivity (Wildman–Crippen MR) is 136 cm³/mol. The van der Waals surface area contributed by atoms with Crippen LogP contribution in [0.2, 0.25) is 0 Å². The van der Waals surface area contributed by atoms with Gasteiger partial charge < -0.3 is 20.9 Å². The molecule has 0 saturated carbocycles. The molecule has 0 saturated heterocycles. The van der Waals surface area contributed by atoms with Crippen molar-refractivity contribution in [2.45, 2.75) is 0 Å². The Bertz CT molecular complexity index is 1540. The minimum atomic E-state index is 0.194. The van der Waals surface area contributed by atoms with E-state index in [1.807, 2.05) is 24.3 Å². The first-order valence-electron chi connectivity index (χ1n) is 10.4. The lowest BCUT2D eigenvalue weighted by atomic mass is 10.0. The third kappa shape index (κ3) is 4.70. The van der Waals surface area contributed by atoms with Gasteiger partial charge in [-0.1, -0.05) is 18.2 Å². The molecule has 0 aliphatic heterocycles. The first-order chi connectivity index (χ1) is 17.4. The Morgan fingerprint density at radius 3 is 1.67 bits per heavy atom. The Morgan fingerprint density at radius 1 is 0.611 bits per heavy atom. The number of nitrogen functional groups attached to an aromatic ring is 2. The van der Waals surface area contributed by atoms with Gasteiger partial charge in [-0.25, -0.2) is 4.85 Å². The molecule has 8 nitrogen and oxygen atoms in total. The zero-order valence-electron chi connectivity index (χ0n) is 18.7. The van der Waals surface area contributed by atoms with Crippen LogP contribution in [0.4, 0.5) is 22.7 Å². The average molecular weight is 468 g/mol. The van der Waals surface area contributed by atoms with Gasteiger partial charge in [0, 0.05) is 0 Å². The van der Waals surface area contributed by atoms with Crippen LogP contribution in [-0.2, 0) is 0 Å². The third-order valence-corrected chi connectivity index (χ3v) is 5.24. The molecule has 0 aliphatic carbocycles. The number of nitrogens with zero attached hydrogens (tertiary/aromatic N) is 4. The summed E-state index contributed by atoms with van der Waals surface area (Å²) in [6.07, 6.45) is 0. The summed E-state index contributed by atoms with van der Waals surface area (Å²) >= 11 is 0. The lowest BCUT2D eigenvalue weighted by Crippen LogP contribution is -1.95. The van der Waals surface area contributed by atoms with Gasteiger partial charge in [0.2, 0.25) is 0 Å². The fourth-order valence-corrected chi connectivity index (χ4v) is 3.39. The van der Waals surface area contributed by atoms with Crippen LogP contribution in [0.15, 0.2) is 72.8 Å². The molecule has 0 aliphatic rings. The molecule has 0 aromatic heterocycles. The number of hydrogen-bond donors (Lipinski definition) is 2. The van der Waals surface area contributed by atoms with E-state index in [0.717, 1.165) is 11.1 Å². The van der Waals surface area contributed by atoms with E-state index in [9.17, 15) is 5.26 Å². The lowest BCUT2D eigenvalue weighted by molar-refractivity contribution is 0.484. The zero-order chi connectivity index (χ0) is 25.7. The van der Waals surface area contributed by atoms with Gasteiger partial charge in [0.1, 0.15) is 23.6 Å². The first-order valence-corrected chi connectivity index (χ1v) is 10.4. The van der Waals surface area contributed by atoms with Crippen molar-refractivity contribution in [3.63, 3.8) is 0 Å². The lowest BCUT2D eigenvalue weighted by Gasteiger charge is -2.14. The van der Waals surface area contributed by atoms with Crippen molar-refractivity contribution in [3.8, 4) is 46.3 Å². The molecular weight excluding hydrogens is 452 g/mol. The summed E-state index contributed by atoms with van der Waals surface area (Å²) in [7, 11) is 0. The van der Waals surface area contributed by atoms with Gasteiger partial charge in [-0.2, -0.15) is 10.5 Å². The minimum absolute atomic E-state index is 0.194. The number of hydrogen-bond acceptors (Lipinski definition) is 6. The van der Waals surface area contributed by atoms with E-state index >= 15 is 0 Å². The summed E-state index contributed by atoms with van der Waals surface area (Å²) in [6.45, 7) is 14.4. The molecule has 36 heavy (non-hydrogen) atoms. The molecule has 8 heteroatoms. The molecule has 0 bridgehead atoms. The molecule has 0 unspecified atom stereocenters. The van der Waals surface area contributed by atoms with E-state index in [0.29, 0.717) is 34.4 Å². The fourth-order valence-electron chi connectivity index (χ4n) is 3.39. The van der Waals surface area contributed by atoms with Crippen LogP contribution in [-0.4, -0.2) is 0 Å². The minimum Gasteiger partial charge on any atom is -0.457 e. The zero-order valence-corrected chi connectivity index (χ0v) is 18.7. The van der Waals surface area contributed by atoms with Gasteiger partial charge in [-0.15, -0.1) is 0 Å². The average Bonchev–Trinajstić information content (AvgIpc) is 2.91. The Labute approximate surface area is 207 Å². The number of nitriles is 2. The standard InChI is InChI=1S/C28H16N6O2/c1-33-25-10-7-22(14-26(25)34-2)36-28-13-18(5-9-24(28)32)17-4-8-23(31)27(12-17)35-21-6-3-19(15-29)20(11-21)16-30/h3-14H,31-32H2. The van der Waals surface area contributed by atoms with E-state index in [2.05, 4.69) is 9.69 Å². The van der Waals surface area contributed by atoms with Crippen molar-refractivity contribution >= 4 is 22.7 Å². The molecule has 0 atom stereocenters. The van der Waals surface area contributed by atoms with E-state index in [4.69, 9.17) is 39.3 Å². The van der Waals surface area contributed by atoms with Crippen LogP contribution in [0.5, 0.6) is 23.0 Å². The largest absolute Gasteiger partial charge is 0.457 e. The summed E-state index contributed by atoms with van der Waals surface area (Å²) in [5, 5.41) is 18.4. The Balaban J connectivity index is 1.65. The van der Waals surface area contributed by atoms with Crippen molar-refractivity contribution < 1.29 is 9.47 Å². The topological polar surface area (TPSA) is 127 Å². The Hall–Kier alpha value is -5.96. The molecule has 0 spiro atoms. The van der Waals surface area contributed by atoms with Gasteiger partial charge >= 0.3 is 0 Å². The first kappa shape index (κ1) is 23.2. The van der Waals surface area contributed by atoms with Gasteiger partial charge in [0.15, 0.2) is 22.9 Å². The number of rotatable bonds is 5. The molecule has 4 rings (SSSR count). The number of nitrogens with two attached hydrogens (primary N) is 2. The summed E-state index contributed by atoms with van der Waals surface area (Å²) in [6, 6.07) is 23.7. The van der Waals surface area contributed by atoms with Crippen LogP contribution in [0, 0.1) is 35.8 Å². The number of benzene rings is 4. The molecule has 4 aromatic carbocycles. The molecule has 170 valence electrons. The van der Waals surface area contributed by atoms with Crippen LogP contribution in [0.1, 0.15) is 11.1 Å². The monoisotopic (exact) mass is 468 g/mol. The summed E-state index contributed by atoms with van der Waals surface area (Å²) in [5.74, 6) is 1.50. The quantitative estimate of drug-likeness (QED) is 0.241. The van der Waals surface area contributed by atoms with E-state index < -0.39 is 0 Å². The normalized spacial score (nSPS) is 9.78. The van der Waals surface area contributed by atoms with Crippen molar-refractivity contribution in [1.29, 1.82) is 10.5 Å². The smallest absolute Gasteiger partial charge is 0.198 e. The van der Waals surface area contributed by atoms with Crippen LogP contribution >= 0.6 is 0 Å². The number of anilines is 2. The summed E-state index contributed by atoms with van der Waals surface area (Å²) in [5.41, 5.74) is 15.5. The maximum atomic E-state index is 9.27. The highest BCUT2D eigenvalue weighted by molar-refractivity contribution is 5.75. The Kier molecular flexibility index (Phi) is 6.38. The van der Waals surface area contributed by atoms with Gasteiger partial charge in [-0.3, -0.25) is 4.85 Å². The van der Waals surface area contributed by atoms with E-state index in [1.165, 1.54) is 24.3 Å². The van der Waals surface area contributed by atoms with Gasteiger partial charge in [0.25, 0.3) is 0 Å². The highest BCUT2D eigenvalue weighted by atomic mass is 16.5. The van der Waals surface area contributed by atoms with Crippen molar-refractivity contribution in [3.05, 3.63) is 107 Å². The van der Waals surface area contributed by atoms with Crippen molar-refractivity contribution in [1.82, 2.24) is 0 Å². The molecule has 4 N–H and O–H groups in total. The second kappa shape index (κ2) is 9.89. The van der Waals surface area contributed by atoms with Crippen LogP contribution < -0.4 is 20.9 Å². The molecule has 0 fully saturated rings. The SMILES string of the molecule is [C-]#[N+]c1ccc(Oc2cc(-c3ccc(N)c(Oc4ccc(C#N)c(C#N)c4)c3)ccc2N)cc1[N+]#[C-]. The van der Waals surface area contributed by atoms with Crippen LogP contribution in [0.3, 0.4) is 0 Å². The highest BCUT2D eigenvalue weighted by Crippen LogP contribution is 2.38. The second-order valence-electron chi connectivity index (χ2n) is 7.51. The summed E-state index contributed by atoms with van der Waals surface area (Å²) < 4.78 is 11.8. The van der Waals surface area contributed by atoms with E-state index in [-0.39, 0.29) is 22.5 Å². The maximum absolute atomic E-state index is 9.27. The molecule has 4 aromatic rings. The van der Waals surface area contributed by atoms with Gasteiger partial charge in [-0.05, 0) is 65.7 Å². The third-order valence-electron chi connectivity index (χ3n) is 5.24. The molecule has 0 amide bonds. The molecular formula is C28H16N6O2. The highest BCUT2D eigenvalue weighted by Gasteiger charge is 2.12. The van der Waals surface area contributed by atoms with E-state index in [1.54, 1.807) is 36.4 Å². The molecule has 0 radical (unpaired) electrons. The second-order valence-corrected chi connectivity index (χ2v) is 7.51. The maximum Gasteiger partial charge on any atom is 0.198 e. The van der Waals surface area contributed by atoms with Crippen LogP contribution in [0.25, 0.3) is 20.8 Å². The fraction of sp³-hybridized carbons (Fsp3) is 0. The number of ether oxygens (including phenoxy) is 2. The molecule has 0 heterocycles. The Morgan fingerprint density at radius 2 is 1.14 bits per heavy atom. The predicted octanol–water partition coefficient (Wildman–Crippen LogP) is 6.95. The van der Waals surface area contributed by atoms with Crippen molar-refractivity contribution in [2.24, 2.45) is 0 Å².